The highest BCUT2D eigenvalue weighted by Gasteiger charge is 2.44. The fraction of sp³-hybridized carbons (Fsp3) is 0.833. The van der Waals surface area contributed by atoms with Crippen LogP contribution < -0.4 is 5.32 Å². The molecule has 2 rings (SSSR count). The first-order valence-electron chi connectivity index (χ1n) is 5.50. The molecular weight excluding hydrogens is 158 g/mol. The van der Waals surface area contributed by atoms with Crippen molar-refractivity contribution in [2.45, 2.75) is 38.6 Å². The second kappa shape index (κ2) is 3.72. The molecule has 1 heteroatoms. The van der Waals surface area contributed by atoms with Crippen LogP contribution in [0.25, 0.3) is 0 Å². The van der Waals surface area contributed by atoms with Gasteiger partial charge in [-0.1, -0.05) is 18.8 Å². The Labute approximate surface area is 81.3 Å². The lowest BCUT2D eigenvalue weighted by Crippen LogP contribution is -2.32. The fourth-order valence-corrected chi connectivity index (χ4v) is 2.68. The van der Waals surface area contributed by atoms with Gasteiger partial charge in [0.25, 0.3) is 0 Å². The van der Waals surface area contributed by atoms with Crippen LogP contribution >= 0.6 is 0 Å². The zero-order chi connectivity index (χ0) is 9.26. The van der Waals surface area contributed by atoms with Crippen LogP contribution in [0, 0.1) is 30.1 Å². The van der Waals surface area contributed by atoms with Crippen molar-refractivity contribution in [3.8, 4) is 12.3 Å². The fourth-order valence-electron chi connectivity index (χ4n) is 2.68. The average molecular weight is 177 g/mol. The Hall–Kier alpha value is -0.480. The maximum absolute atomic E-state index is 5.32. The van der Waals surface area contributed by atoms with Crippen molar-refractivity contribution in [1.82, 2.24) is 5.32 Å². The second-order valence-corrected chi connectivity index (χ2v) is 4.65. The molecule has 0 heterocycles. The third-order valence-corrected chi connectivity index (χ3v) is 3.67. The summed E-state index contributed by atoms with van der Waals surface area (Å²) in [5.41, 5.74) is 0. The summed E-state index contributed by atoms with van der Waals surface area (Å²) in [6.07, 6.45) is 11.2. The van der Waals surface area contributed by atoms with E-state index in [1.54, 1.807) is 0 Å². The number of rotatable bonds is 3. The Kier molecular flexibility index (Phi) is 2.60. The summed E-state index contributed by atoms with van der Waals surface area (Å²) in [6, 6.07) is 0.249. The van der Waals surface area contributed by atoms with Gasteiger partial charge in [-0.15, -0.1) is 6.42 Å². The zero-order valence-corrected chi connectivity index (χ0v) is 8.42. The molecule has 1 N–H and O–H groups in total. The molecule has 2 fully saturated rings. The van der Waals surface area contributed by atoms with Crippen molar-refractivity contribution in [3.05, 3.63) is 0 Å². The lowest BCUT2D eigenvalue weighted by Gasteiger charge is -2.22. The van der Waals surface area contributed by atoms with E-state index < -0.39 is 0 Å². The van der Waals surface area contributed by atoms with E-state index in [2.05, 4.69) is 18.2 Å². The largest absolute Gasteiger partial charge is 0.304 e. The first kappa shape index (κ1) is 9.09. The summed E-state index contributed by atoms with van der Waals surface area (Å²) < 4.78 is 0. The molecule has 13 heavy (non-hydrogen) atoms. The molecule has 0 amide bonds. The van der Waals surface area contributed by atoms with E-state index in [9.17, 15) is 0 Å². The van der Waals surface area contributed by atoms with Gasteiger partial charge >= 0.3 is 0 Å². The van der Waals surface area contributed by atoms with Crippen LogP contribution in [0.2, 0.25) is 0 Å². The van der Waals surface area contributed by atoms with Gasteiger partial charge in [-0.2, -0.15) is 0 Å². The molecule has 0 saturated heterocycles. The molecule has 2 saturated carbocycles. The van der Waals surface area contributed by atoms with Crippen molar-refractivity contribution in [2.24, 2.45) is 17.8 Å². The first-order chi connectivity index (χ1) is 6.31. The summed E-state index contributed by atoms with van der Waals surface area (Å²) in [5, 5.41) is 3.42. The summed E-state index contributed by atoms with van der Waals surface area (Å²) >= 11 is 0. The van der Waals surface area contributed by atoms with E-state index in [1.807, 2.05) is 0 Å². The minimum Gasteiger partial charge on any atom is -0.304 e. The van der Waals surface area contributed by atoms with Gasteiger partial charge in [0.15, 0.2) is 0 Å². The smallest absolute Gasteiger partial charge is 0.0658 e. The predicted molar refractivity (Wildman–Crippen MR) is 55.2 cm³/mol. The van der Waals surface area contributed by atoms with Crippen LogP contribution in [0.1, 0.15) is 32.6 Å². The number of hydrogen-bond donors (Lipinski definition) is 1. The standard InChI is InChI=1S/C12H19N/c1-3-9(2)13-8-11-6-4-5-10-7-12(10)11/h1,9-13H,4-8H2,2H3. The van der Waals surface area contributed by atoms with Crippen LogP contribution in [0.4, 0.5) is 0 Å². The van der Waals surface area contributed by atoms with Gasteiger partial charge in [-0.25, -0.2) is 0 Å². The highest BCUT2D eigenvalue weighted by atomic mass is 14.9. The molecule has 72 valence electrons. The summed E-state index contributed by atoms with van der Waals surface area (Å²) in [5.74, 6) is 5.78. The van der Waals surface area contributed by atoms with Gasteiger partial charge in [0.1, 0.15) is 0 Å². The molecule has 1 nitrogen and oxygen atoms in total. The third-order valence-electron chi connectivity index (χ3n) is 3.67. The Morgan fingerprint density at radius 3 is 3.15 bits per heavy atom. The van der Waals surface area contributed by atoms with E-state index >= 15 is 0 Å². The van der Waals surface area contributed by atoms with Gasteiger partial charge in [0.2, 0.25) is 0 Å². The molecule has 0 aliphatic heterocycles. The van der Waals surface area contributed by atoms with E-state index in [1.165, 1.54) is 25.7 Å². The number of fused-ring (bicyclic) bond motifs is 1. The van der Waals surface area contributed by atoms with Gasteiger partial charge in [-0.3, -0.25) is 0 Å². The topological polar surface area (TPSA) is 12.0 Å². The molecule has 0 aromatic heterocycles. The van der Waals surface area contributed by atoms with Crippen LogP contribution in [0.15, 0.2) is 0 Å². The molecule has 2 aliphatic rings. The van der Waals surface area contributed by atoms with Crippen molar-refractivity contribution < 1.29 is 0 Å². The Morgan fingerprint density at radius 1 is 1.54 bits per heavy atom. The molecule has 0 bridgehead atoms. The molecule has 4 atom stereocenters. The molecule has 0 spiro atoms. The lowest BCUT2D eigenvalue weighted by atomic mass is 9.89. The van der Waals surface area contributed by atoms with Crippen molar-refractivity contribution in [1.29, 1.82) is 0 Å². The normalized spacial score (nSPS) is 38.9. The van der Waals surface area contributed by atoms with Crippen molar-refractivity contribution in [3.63, 3.8) is 0 Å². The van der Waals surface area contributed by atoms with Crippen LogP contribution in [-0.2, 0) is 0 Å². The SMILES string of the molecule is C#CC(C)NCC1CCCC2CC12. The van der Waals surface area contributed by atoms with Crippen molar-refractivity contribution >= 4 is 0 Å². The van der Waals surface area contributed by atoms with Crippen LogP contribution in [0.3, 0.4) is 0 Å². The molecule has 4 unspecified atom stereocenters. The third kappa shape index (κ3) is 2.06. The second-order valence-electron chi connectivity index (χ2n) is 4.65. The highest BCUT2D eigenvalue weighted by molar-refractivity contribution is 4.99. The average Bonchev–Trinajstić information content (AvgIpc) is 2.92. The summed E-state index contributed by atoms with van der Waals surface area (Å²) in [7, 11) is 0. The molecule has 0 radical (unpaired) electrons. The molecule has 0 aromatic carbocycles. The number of nitrogens with one attached hydrogen (secondary N) is 1. The molecular formula is C12H19N. The van der Waals surface area contributed by atoms with Gasteiger partial charge in [0.05, 0.1) is 6.04 Å². The lowest BCUT2D eigenvalue weighted by molar-refractivity contribution is 0.318. The van der Waals surface area contributed by atoms with Gasteiger partial charge in [-0.05, 0) is 44.1 Å². The van der Waals surface area contributed by atoms with Crippen molar-refractivity contribution in [2.75, 3.05) is 6.54 Å². The first-order valence-corrected chi connectivity index (χ1v) is 5.50. The summed E-state index contributed by atoms with van der Waals surface area (Å²) in [4.78, 5) is 0. The Bertz CT molecular complexity index is 216. The van der Waals surface area contributed by atoms with Crippen LogP contribution in [0.5, 0.6) is 0 Å². The Morgan fingerprint density at radius 2 is 2.38 bits per heavy atom. The van der Waals surface area contributed by atoms with Gasteiger partial charge in [0, 0.05) is 0 Å². The minimum atomic E-state index is 0.249. The summed E-state index contributed by atoms with van der Waals surface area (Å²) in [6.45, 7) is 3.21. The van der Waals surface area contributed by atoms with E-state index in [0.717, 1.165) is 24.3 Å². The molecule has 0 aromatic rings. The maximum Gasteiger partial charge on any atom is 0.0658 e. The van der Waals surface area contributed by atoms with Gasteiger partial charge < -0.3 is 5.32 Å². The number of terminal acetylenes is 1. The predicted octanol–water partition coefficient (Wildman–Crippen LogP) is 2.03. The van der Waals surface area contributed by atoms with E-state index in [4.69, 9.17) is 6.42 Å². The molecule has 2 aliphatic carbocycles. The van der Waals surface area contributed by atoms with Crippen LogP contribution in [-0.4, -0.2) is 12.6 Å². The highest BCUT2D eigenvalue weighted by Crippen LogP contribution is 2.52. The Balaban J connectivity index is 1.73. The quantitative estimate of drug-likeness (QED) is 0.650. The van der Waals surface area contributed by atoms with E-state index in [-0.39, 0.29) is 6.04 Å². The minimum absolute atomic E-state index is 0.249. The zero-order valence-electron chi connectivity index (χ0n) is 8.42. The number of hydrogen-bond acceptors (Lipinski definition) is 1. The monoisotopic (exact) mass is 177 g/mol. The van der Waals surface area contributed by atoms with E-state index in [0.29, 0.717) is 0 Å². The maximum atomic E-state index is 5.32.